The van der Waals surface area contributed by atoms with Crippen molar-refractivity contribution in [3.63, 3.8) is 0 Å². The minimum atomic E-state index is -1.21. The first-order valence-corrected chi connectivity index (χ1v) is 4.50. The average molecular weight is 216 g/mol. The Kier molecular flexibility index (Phi) is 3.44. The van der Waals surface area contributed by atoms with Gasteiger partial charge in [0.1, 0.15) is 0 Å². The predicted molar refractivity (Wildman–Crippen MR) is 51.0 cm³/mol. The molecule has 6 unspecified atom stereocenters. The van der Waals surface area contributed by atoms with Crippen LogP contribution in [0.3, 0.4) is 0 Å². The molecule has 2 N–H and O–H groups in total. The topological polar surface area (TPSA) is 96.8 Å². The van der Waals surface area contributed by atoms with Gasteiger partial charge in [-0.25, -0.2) is 13.1 Å². The largest absolute Gasteiger partial charge is 0.390 e. The summed E-state index contributed by atoms with van der Waals surface area (Å²) >= 11 is 0. The van der Waals surface area contributed by atoms with Gasteiger partial charge < -0.3 is 10.2 Å². The lowest BCUT2D eigenvalue weighted by molar-refractivity contribution is -0.153. The molecule has 1 saturated carbocycles. The lowest BCUT2D eigenvalue weighted by atomic mass is 9.62. The zero-order chi connectivity index (χ0) is 12.3. The van der Waals surface area contributed by atoms with Gasteiger partial charge in [-0.3, -0.25) is 9.69 Å². The molecule has 0 aromatic rings. The second-order valence-electron chi connectivity index (χ2n) is 3.54. The lowest BCUT2D eigenvalue weighted by Crippen LogP contribution is -2.62. The fourth-order valence-corrected chi connectivity index (χ4v) is 1.96. The zero-order valence-electron chi connectivity index (χ0n) is 8.15. The summed E-state index contributed by atoms with van der Waals surface area (Å²) in [5.74, 6) is -1.65. The maximum atomic E-state index is 9.46. The number of hydrogen-bond donors (Lipinski definition) is 2. The van der Waals surface area contributed by atoms with Gasteiger partial charge in [0.05, 0.1) is 24.0 Å². The molecule has 0 aromatic heterocycles. The van der Waals surface area contributed by atoms with Crippen LogP contribution in [0.2, 0.25) is 0 Å². The van der Waals surface area contributed by atoms with Crippen LogP contribution in [0.1, 0.15) is 0 Å². The standard InChI is InChI=1S/C10H8N4O2/c1-13-5(3-11)7-8(6(4-12)14-2)10(16)9(7)15/h5-10,15-16H. The Hall–Kier alpha value is -2.12. The van der Waals surface area contributed by atoms with E-state index in [1.54, 1.807) is 12.1 Å². The predicted octanol–water partition coefficient (Wildman–Crippen LogP) is -0.423. The number of nitrogens with zero attached hydrogens (tertiary/aromatic N) is 4. The van der Waals surface area contributed by atoms with E-state index in [1.165, 1.54) is 0 Å². The molecule has 80 valence electrons. The molecule has 1 aliphatic rings. The van der Waals surface area contributed by atoms with Gasteiger partial charge in [0.25, 0.3) is 0 Å². The summed E-state index contributed by atoms with van der Waals surface area (Å²) < 4.78 is 0. The maximum absolute atomic E-state index is 9.46. The summed E-state index contributed by atoms with van der Waals surface area (Å²) in [4.78, 5) is 6.04. The Bertz CT molecular complexity index is 366. The zero-order valence-corrected chi connectivity index (χ0v) is 8.15. The smallest absolute Gasteiger partial charge is 0.313 e. The highest BCUT2D eigenvalue weighted by molar-refractivity contribution is 5.21. The van der Waals surface area contributed by atoms with E-state index < -0.39 is 36.1 Å². The van der Waals surface area contributed by atoms with Crippen LogP contribution in [0.15, 0.2) is 0 Å². The molecule has 0 aliphatic heterocycles. The Morgan fingerprint density at radius 1 is 0.938 bits per heavy atom. The SMILES string of the molecule is [C-]#[N+]C(C#N)C1C(O)C(O)C1C(C#N)[N+]#[C-]. The van der Waals surface area contributed by atoms with Gasteiger partial charge in [-0.05, 0) is 0 Å². The molecule has 0 heterocycles. The van der Waals surface area contributed by atoms with Gasteiger partial charge >= 0.3 is 12.1 Å². The summed E-state index contributed by atoms with van der Waals surface area (Å²) in [5.41, 5.74) is 0. The Morgan fingerprint density at radius 3 is 1.44 bits per heavy atom. The van der Waals surface area contributed by atoms with Crippen molar-refractivity contribution in [2.24, 2.45) is 11.8 Å². The molecule has 6 heteroatoms. The van der Waals surface area contributed by atoms with Gasteiger partial charge in [-0.15, -0.1) is 0 Å². The molecule has 0 bridgehead atoms. The van der Waals surface area contributed by atoms with Crippen LogP contribution in [0.4, 0.5) is 0 Å². The first-order valence-electron chi connectivity index (χ1n) is 4.50. The first-order chi connectivity index (χ1) is 7.62. The molecule has 1 aliphatic carbocycles. The summed E-state index contributed by atoms with van der Waals surface area (Å²) in [6.07, 6.45) is -2.41. The van der Waals surface area contributed by atoms with Crippen molar-refractivity contribution >= 4 is 0 Å². The van der Waals surface area contributed by atoms with Crippen molar-refractivity contribution in [1.29, 1.82) is 10.5 Å². The monoisotopic (exact) mass is 216 g/mol. The van der Waals surface area contributed by atoms with Crippen molar-refractivity contribution < 1.29 is 10.2 Å². The van der Waals surface area contributed by atoms with Crippen LogP contribution in [-0.4, -0.2) is 34.5 Å². The van der Waals surface area contributed by atoms with Crippen LogP contribution in [0, 0.1) is 47.6 Å². The van der Waals surface area contributed by atoms with Crippen LogP contribution in [0.25, 0.3) is 9.69 Å². The Balaban J connectivity index is 2.95. The molecule has 0 spiro atoms. The van der Waals surface area contributed by atoms with Gasteiger partial charge in [-0.2, -0.15) is 10.5 Å². The summed E-state index contributed by atoms with van der Waals surface area (Å²) in [6, 6.07) is 1.15. The third-order valence-corrected chi connectivity index (χ3v) is 2.85. The molecule has 0 radical (unpaired) electrons. The van der Waals surface area contributed by atoms with Gasteiger partial charge in [0.2, 0.25) is 0 Å². The molecule has 1 rings (SSSR count). The molecular weight excluding hydrogens is 208 g/mol. The van der Waals surface area contributed by atoms with Crippen molar-refractivity contribution in [1.82, 2.24) is 0 Å². The molecule has 0 amide bonds. The third-order valence-electron chi connectivity index (χ3n) is 2.85. The van der Waals surface area contributed by atoms with Gasteiger partial charge in [0.15, 0.2) is 12.1 Å². The minimum absolute atomic E-state index is 0.823. The molecule has 6 atom stereocenters. The van der Waals surface area contributed by atoms with Gasteiger partial charge in [0, 0.05) is 0 Å². The molecular formula is C10H8N4O2. The van der Waals surface area contributed by atoms with Crippen molar-refractivity contribution in [2.45, 2.75) is 24.3 Å². The van der Waals surface area contributed by atoms with Crippen LogP contribution >= 0.6 is 0 Å². The van der Waals surface area contributed by atoms with Crippen LogP contribution in [-0.2, 0) is 0 Å². The quantitative estimate of drug-likeness (QED) is 0.612. The summed E-state index contributed by atoms with van der Waals surface area (Å²) in [6.45, 7) is 13.6. The third kappa shape index (κ3) is 1.58. The normalized spacial score (nSPS) is 35.4. The number of rotatable bonds is 2. The van der Waals surface area contributed by atoms with Crippen LogP contribution in [0.5, 0.6) is 0 Å². The van der Waals surface area contributed by atoms with Crippen LogP contribution < -0.4 is 0 Å². The highest BCUT2D eigenvalue weighted by Gasteiger charge is 2.61. The van der Waals surface area contributed by atoms with Gasteiger partial charge in [-0.1, -0.05) is 0 Å². The van der Waals surface area contributed by atoms with Crippen molar-refractivity contribution in [3.05, 3.63) is 22.8 Å². The van der Waals surface area contributed by atoms with Crippen molar-refractivity contribution in [3.8, 4) is 12.1 Å². The Labute approximate surface area is 92.6 Å². The molecule has 6 nitrogen and oxygen atoms in total. The van der Waals surface area contributed by atoms with E-state index in [0.717, 1.165) is 0 Å². The van der Waals surface area contributed by atoms with E-state index in [0.29, 0.717) is 0 Å². The van der Waals surface area contributed by atoms with E-state index in [2.05, 4.69) is 9.69 Å². The number of hydrogen-bond acceptors (Lipinski definition) is 4. The number of aliphatic hydroxyl groups excluding tert-OH is 2. The number of aliphatic hydroxyl groups is 2. The highest BCUT2D eigenvalue weighted by atomic mass is 16.3. The summed E-state index contributed by atoms with van der Waals surface area (Å²) in [7, 11) is 0. The molecule has 1 fully saturated rings. The van der Waals surface area contributed by atoms with E-state index in [-0.39, 0.29) is 0 Å². The molecule has 0 aromatic carbocycles. The summed E-state index contributed by atoms with van der Waals surface area (Å²) in [5, 5.41) is 36.3. The second-order valence-corrected chi connectivity index (χ2v) is 3.54. The Morgan fingerprint density at radius 2 is 1.25 bits per heavy atom. The lowest BCUT2D eigenvalue weighted by Gasteiger charge is -2.43. The second kappa shape index (κ2) is 4.60. The van der Waals surface area contributed by atoms with E-state index in [1.807, 2.05) is 0 Å². The fourth-order valence-electron chi connectivity index (χ4n) is 1.96. The highest BCUT2D eigenvalue weighted by Crippen LogP contribution is 2.41. The maximum Gasteiger partial charge on any atom is 0.313 e. The minimum Gasteiger partial charge on any atom is -0.390 e. The van der Waals surface area contributed by atoms with E-state index in [4.69, 9.17) is 23.7 Å². The number of nitriles is 2. The average Bonchev–Trinajstić information content (AvgIpc) is 2.33. The fraction of sp³-hybridized carbons (Fsp3) is 0.600. The molecule has 16 heavy (non-hydrogen) atoms. The van der Waals surface area contributed by atoms with Crippen molar-refractivity contribution in [2.75, 3.05) is 0 Å². The molecule has 0 saturated heterocycles. The first kappa shape index (κ1) is 12.0. The van der Waals surface area contributed by atoms with E-state index in [9.17, 15) is 10.2 Å². The van der Waals surface area contributed by atoms with E-state index >= 15 is 0 Å².